The van der Waals surface area contributed by atoms with Gasteiger partial charge in [-0.1, -0.05) is 35.5 Å². The largest absolute Gasteiger partial charge is 0.338 e. The number of benzene rings is 1. The second-order valence-corrected chi connectivity index (χ2v) is 6.65. The Morgan fingerprint density at radius 1 is 1.07 bits per heavy atom. The zero-order valence-electron chi connectivity index (χ0n) is 15.8. The molecule has 1 aromatic carbocycles. The molecule has 0 atom stereocenters. The lowest BCUT2D eigenvalue weighted by Crippen LogP contribution is -2.47. The predicted octanol–water partition coefficient (Wildman–Crippen LogP) is 1.62. The number of rotatable bonds is 8. The second-order valence-electron chi connectivity index (χ2n) is 6.65. The molecule has 0 saturated carbocycles. The Morgan fingerprint density at radius 3 is 2.37 bits per heavy atom. The van der Waals surface area contributed by atoms with Crippen molar-refractivity contribution >= 4 is 24.8 Å². The molecule has 1 aliphatic rings. The molecule has 27 heavy (non-hydrogen) atoms. The van der Waals surface area contributed by atoms with E-state index in [1.165, 1.54) is 5.56 Å². The molecule has 3 rings (SSSR count). The normalized spacial score (nSPS) is 15.4. The van der Waals surface area contributed by atoms with Crippen LogP contribution >= 0.6 is 24.8 Å². The third-order valence-electron chi connectivity index (χ3n) is 4.61. The molecule has 0 spiro atoms. The standard InChI is InChI=1S/C18H28N6O.2ClH/c1-22(14-16-5-3-2-4-6-16)7-8-23-9-11-24(12-10-23)15-17-20-18(13-19)25-21-17;;/h2-6H,7-15,19H2,1H3;2*1H. The number of nitrogens with zero attached hydrogens (tertiary/aromatic N) is 5. The summed E-state index contributed by atoms with van der Waals surface area (Å²) in [4.78, 5) is 11.6. The summed E-state index contributed by atoms with van der Waals surface area (Å²) in [6, 6.07) is 10.6. The molecule has 2 heterocycles. The number of aromatic nitrogens is 2. The lowest BCUT2D eigenvalue weighted by molar-refractivity contribution is 0.114. The summed E-state index contributed by atoms with van der Waals surface area (Å²) in [6.07, 6.45) is 0. The van der Waals surface area contributed by atoms with Crippen molar-refractivity contribution in [1.82, 2.24) is 24.8 Å². The van der Waals surface area contributed by atoms with Gasteiger partial charge in [0.15, 0.2) is 5.82 Å². The van der Waals surface area contributed by atoms with E-state index in [0.29, 0.717) is 12.4 Å². The topological polar surface area (TPSA) is 74.7 Å². The van der Waals surface area contributed by atoms with Gasteiger partial charge in [0.1, 0.15) is 0 Å². The third-order valence-corrected chi connectivity index (χ3v) is 4.61. The maximum Gasteiger partial charge on any atom is 0.240 e. The van der Waals surface area contributed by atoms with E-state index in [1.807, 2.05) is 0 Å². The number of likely N-dealkylation sites (N-methyl/N-ethyl adjacent to an activating group) is 1. The number of nitrogens with two attached hydrogens (primary N) is 1. The van der Waals surface area contributed by atoms with Gasteiger partial charge in [-0.25, -0.2) is 0 Å². The van der Waals surface area contributed by atoms with Crippen LogP contribution < -0.4 is 5.73 Å². The summed E-state index contributed by atoms with van der Waals surface area (Å²) < 4.78 is 5.06. The minimum absolute atomic E-state index is 0. The molecule has 1 fully saturated rings. The molecule has 152 valence electrons. The van der Waals surface area contributed by atoms with E-state index in [2.05, 4.69) is 62.2 Å². The molecule has 1 saturated heterocycles. The van der Waals surface area contributed by atoms with Crippen molar-refractivity contribution < 1.29 is 4.52 Å². The van der Waals surface area contributed by atoms with Gasteiger partial charge in [0.05, 0.1) is 13.1 Å². The maximum absolute atomic E-state index is 5.50. The molecular weight excluding hydrogens is 387 g/mol. The molecule has 0 bridgehead atoms. The van der Waals surface area contributed by atoms with Crippen molar-refractivity contribution in [3.63, 3.8) is 0 Å². The van der Waals surface area contributed by atoms with Crippen LogP contribution in [-0.4, -0.2) is 71.2 Å². The van der Waals surface area contributed by atoms with E-state index < -0.39 is 0 Å². The minimum Gasteiger partial charge on any atom is -0.338 e. The summed E-state index contributed by atoms with van der Waals surface area (Å²) in [5, 5.41) is 3.97. The molecule has 0 amide bonds. The van der Waals surface area contributed by atoms with Crippen LogP contribution in [0.3, 0.4) is 0 Å². The number of piperazine rings is 1. The molecule has 0 radical (unpaired) electrons. The van der Waals surface area contributed by atoms with Crippen LogP contribution in [0.4, 0.5) is 0 Å². The lowest BCUT2D eigenvalue weighted by Gasteiger charge is -2.34. The zero-order chi connectivity index (χ0) is 17.5. The number of hydrogen-bond acceptors (Lipinski definition) is 7. The van der Waals surface area contributed by atoms with Crippen molar-refractivity contribution in [1.29, 1.82) is 0 Å². The summed E-state index contributed by atoms with van der Waals surface area (Å²) in [6.45, 7) is 8.48. The first-order chi connectivity index (χ1) is 12.2. The lowest BCUT2D eigenvalue weighted by atomic mass is 10.2. The second kappa shape index (κ2) is 12.3. The molecule has 2 N–H and O–H groups in total. The van der Waals surface area contributed by atoms with E-state index in [4.69, 9.17) is 10.3 Å². The molecular formula is C18H30Cl2N6O. The van der Waals surface area contributed by atoms with Crippen molar-refractivity contribution in [2.75, 3.05) is 46.3 Å². The van der Waals surface area contributed by atoms with Crippen molar-refractivity contribution in [3.8, 4) is 0 Å². The monoisotopic (exact) mass is 416 g/mol. The molecule has 9 heteroatoms. The smallest absolute Gasteiger partial charge is 0.240 e. The Hall–Kier alpha value is -1.22. The highest BCUT2D eigenvalue weighted by molar-refractivity contribution is 5.85. The quantitative estimate of drug-likeness (QED) is 0.700. The van der Waals surface area contributed by atoms with Crippen LogP contribution in [0.5, 0.6) is 0 Å². The van der Waals surface area contributed by atoms with Crippen LogP contribution in [0.1, 0.15) is 17.3 Å². The minimum atomic E-state index is 0. The highest BCUT2D eigenvalue weighted by atomic mass is 35.5. The van der Waals surface area contributed by atoms with Gasteiger partial charge < -0.3 is 15.2 Å². The van der Waals surface area contributed by atoms with Gasteiger partial charge in [-0.3, -0.25) is 9.80 Å². The molecule has 2 aromatic rings. The predicted molar refractivity (Wildman–Crippen MR) is 111 cm³/mol. The maximum atomic E-state index is 5.50. The van der Waals surface area contributed by atoms with Crippen molar-refractivity contribution in [2.45, 2.75) is 19.6 Å². The van der Waals surface area contributed by atoms with E-state index in [0.717, 1.165) is 58.2 Å². The fourth-order valence-electron chi connectivity index (χ4n) is 3.09. The van der Waals surface area contributed by atoms with Gasteiger partial charge in [0.25, 0.3) is 0 Å². The summed E-state index contributed by atoms with van der Waals surface area (Å²) in [5.74, 6) is 1.24. The van der Waals surface area contributed by atoms with Crippen molar-refractivity contribution in [2.24, 2.45) is 5.73 Å². The highest BCUT2D eigenvalue weighted by Gasteiger charge is 2.19. The van der Waals surface area contributed by atoms with Gasteiger partial charge >= 0.3 is 0 Å². The van der Waals surface area contributed by atoms with Gasteiger partial charge in [-0.05, 0) is 12.6 Å². The highest BCUT2D eigenvalue weighted by Crippen LogP contribution is 2.07. The average Bonchev–Trinajstić information content (AvgIpc) is 3.10. The van der Waals surface area contributed by atoms with E-state index in [-0.39, 0.29) is 24.8 Å². The SMILES string of the molecule is CN(CCN1CCN(Cc2noc(CN)n2)CC1)Cc1ccccc1.Cl.Cl. The van der Waals surface area contributed by atoms with E-state index in [9.17, 15) is 0 Å². The molecule has 0 aliphatic carbocycles. The Labute approximate surface area is 173 Å². The number of halogens is 2. The number of hydrogen-bond donors (Lipinski definition) is 1. The Morgan fingerprint density at radius 2 is 1.74 bits per heavy atom. The van der Waals surface area contributed by atoms with Crippen LogP contribution in [0.2, 0.25) is 0 Å². The molecule has 7 nitrogen and oxygen atoms in total. The first kappa shape index (κ1) is 23.8. The summed E-state index contributed by atoms with van der Waals surface area (Å²) in [7, 11) is 2.19. The van der Waals surface area contributed by atoms with E-state index in [1.54, 1.807) is 0 Å². The Kier molecular flexibility index (Phi) is 10.8. The van der Waals surface area contributed by atoms with Crippen LogP contribution in [0.15, 0.2) is 34.9 Å². The van der Waals surface area contributed by atoms with Gasteiger partial charge in [0.2, 0.25) is 5.89 Å². The fraction of sp³-hybridized carbons (Fsp3) is 0.556. The summed E-state index contributed by atoms with van der Waals surface area (Å²) >= 11 is 0. The van der Waals surface area contributed by atoms with Crippen LogP contribution in [0, 0.1) is 0 Å². The van der Waals surface area contributed by atoms with Gasteiger partial charge in [-0.15, -0.1) is 24.8 Å². The molecule has 0 unspecified atom stereocenters. The van der Waals surface area contributed by atoms with Crippen molar-refractivity contribution in [3.05, 3.63) is 47.6 Å². The molecule has 1 aromatic heterocycles. The Bertz CT molecular complexity index is 634. The average molecular weight is 417 g/mol. The summed E-state index contributed by atoms with van der Waals surface area (Å²) in [5.41, 5.74) is 6.87. The van der Waals surface area contributed by atoms with E-state index >= 15 is 0 Å². The van der Waals surface area contributed by atoms with Crippen LogP contribution in [-0.2, 0) is 19.6 Å². The van der Waals surface area contributed by atoms with Crippen LogP contribution in [0.25, 0.3) is 0 Å². The first-order valence-electron chi connectivity index (χ1n) is 8.91. The third kappa shape index (κ3) is 7.73. The van der Waals surface area contributed by atoms with Gasteiger partial charge in [0, 0.05) is 45.8 Å². The Balaban J connectivity index is 0.00000182. The molecule has 1 aliphatic heterocycles. The first-order valence-corrected chi connectivity index (χ1v) is 8.91. The fourth-order valence-corrected chi connectivity index (χ4v) is 3.09. The van der Waals surface area contributed by atoms with Gasteiger partial charge in [-0.2, -0.15) is 4.98 Å². The zero-order valence-corrected chi connectivity index (χ0v) is 17.4.